The number of fused-ring (bicyclic) bond motifs is 1. The van der Waals surface area contributed by atoms with Crippen LogP contribution in [0.1, 0.15) is 45.6 Å². The van der Waals surface area contributed by atoms with Gasteiger partial charge in [0.05, 0.1) is 11.6 Å². The van der Waals surface area contributed by atoms with E-state index >= 15 is 0 Å². The second-order valence-electron chi connectivity index (χ2n) is 7.23. The Hall–Kier alpha value is -3.74. The van der Waals surface area contributed by atoms with Crippen molar-refractivity contribution in [1.29, 1.82) is 0 Å². The van der Waals surface area contributed by atoms with Crippen molar-refractivity contribution in [3.8, 4) is 0 Å². The average molecular weight is 404 g/mol. The topological polar surface area (TPSA) is 102 Å². The van der Waals surface area contributed by atoms with Crippen LogP contribution in [0.2, 0.25) is 0 Å². The number of halogens is 1. The molecule has 0 saturated carbocycles. The van der Waals surface area contributed by atoms with E-state index < -0.39 is 23.9 Å². The molecule has 0 bridgehead atoms. The van der Waals surface area contributed by atoms with E-state index in [1.54, 1.807) is 48.5 Å². The summed E-state index contributed by atoms with van der Waals surface area (Å²) in [6.45, 7) is 0. The van der Waals surface area contributed by atoms with Gasteiger partial charge in [-0.1, -0.05) is 42.5 Å². The summed E-state index contributed by atoms with van der Waals surface area (Å²) in [6, 6.07) is 15.2. The lowest BCUT2D eigenvalue weighted by molar-refractivity contribution is -0.123. The van der Waals surface area contributed by atoms with Gasteiger partial charge in [-0.2, -0.15) is 0 Å². The van der Waals surface area contributed by atoms with Crippen molar-refractivity contribution in [2.75, 3.05) is 5.73 Å². The van der Waals surface area contributed by atoms with E-state index in [4.69, 9.17) is 11.5 Å². The number of anilines is 1. The molecule has 152 valence electrons. The quantitative estimate of drug-likeness (QED) is 0.682. The molecule has 7 heteroatoms. The maximum atomic E-state index is 14.4. The number of primary amides is 1. The Bertz CT molecular complexity index is 1100. The first-order chi connectivity index (χ1) is 14.5. The molecule has 4 rings (SSSR count). The number of aromatic nitrogens is 1. The van der Waals surface area contributed by atoms with Gasteiger partial charge in [-0.15, -0.1) is 0 Å². The van der Waals surface area contributed by atoms with E-state index in [0.29, 0.717) is 29.5 Å². The van der Waals surface area contributed by atoms with Crippen LogP contribution in [0.4, 0.5) is 10.2 Å². The van der Waals surface area contributed by atoms with Crippen molar-refractivity contribution >= 4 is 17.6 Å². The molecule has 0 fully saturated rings. The van der Waals surface area contributed by atoms with Crippen LogP contribution in [-0.4, -0.2) is 21.7 Å². The molecule has 2 amide bonds. The van der Waals surface area contributed by atoms with Crippen LogP contribution in [0.25, 0.3) is 0 Å². The Balaban J connectivity index is 1.88. The fourth-order valence-corrected chi connectivity index (χ4v) is 4.15. The van der Waals surface area contributed by atoms with Crippen LogP contribution >= 0.6 is 0 Å². The minimum atomic E-state index is -1.04. The third kappa shape index (κ3) is 3.39. The molecule has 1 heterocycles. The number of pyridine rings is 1. The molecule has 2 aromatic carbocycles. The van der Waals surface area contributed by atoms with Crippen LogP contribution in [0.15, 0.2) is 66.9 Å². The lowest BCUT2D eigenvalue weighted by Gasteiger charge is -2.36. The Morgan fingerprint density at radius 3 is 2.53 bits per heavy atom. The highest BCUT2D eigenvalue weighted by Gasteiger charge is 2.40. The molecule has 3 aromatic rings. The SMILES string of the molecule is NC(=O)[C@@H](c1ccccc1)N(C(=O)c1cccnc1N)[C@@H]1CCc2c(F)cccc21. The highest BCUT2D eigenvalue weighted by atomic mass is 19.1. The minimum Gasteiger partial charge on any atom is -0.383 e. The Morgan fingerprint density at radius 2 is 1.83 bits per heavy atom. The van der Waals surface area contributed by atoms with Gasteiger partial charge in [-0.3, -0.25) is 9.59 Å². The number of benzene rings is 2. The standard InChI is InChI=1S/C23H21FN4O2/c24-18-10-4-8-16-15(18)11-12-19(16)28(23(30)17-9-5-13-27-21(17)25)20(22(26)29)14-6-2-1-3-7-14/h1-10,13,19-20H,11-12H2,(H2,25,27)(H2,26,29)/t19-,20-/m1/s1. The van der Waals surface area contributed by atoms with E-state index in [-0.39, 0.29) is 17.2 Å². The fourth-order valence-electron chi connectivity index (χ4n) is 4.15. The summed E-state index contributed by atoms with van der Waals surface area (Å²) in [6.07, 6.45) is 2.41. The zero-order valence-electron chi connectivity index (χ0n) is 16.2. The van der Waals surface area contributed by atoms with Crippen LogP contribution in [0.5, 0.6) is 0 Å². The number of carbonyl (C=O) groups is 2. The zero-order chi connectivity index (χ0) is 21.3. The minimum absolute atomic E-state index is 0.0567. The van der Waals surface area contributed by atoms with E-state index in [9.17, 15) is 14.0 Å². The van der Waals surface area contributed by atoms with Crippen molar-refractivity contribution in [3.05, 3.63) is 94.9 Å². The van der Waals surface area contributed by atoms with Crippen LogP contribution in [0, 0.1) is 5.82 Å². The van der Waals surface area contributed by atoms with Crippen molar-refractivity contribution in [2.24, 2.45) is 5.73 Å². The van der Waals surface area contributed by atoms with E-state index in [1.165, 1.54) is 17.2 Å². The zero-order valence-corrected chi connectivity index (χ0v) is 16.2. The fraction of sp³-hybridized carbons (Fsp3) is 0.174. The largest absolute Gasteiger partial charge is 0.383 e. The number of amides is 2. The van der Waals surface area contributed by atoms with Crippen molar-refractivity contribution in [1.82, 2.24) is 9.88 Å². The van der Waals surface area contributed by atoms with Gasteiger partial charge < -0.3 is 16.4 Å². The molecule has 0 radical (unpaired) electrons. The maximum absolute atomic E-state index is 14.4. The molecular formula is C23H21FN4O2. The highest BCUT2D eigenvalue weighted by Crippen LogP contribution is 2.42. The molecule has 2 atom stereocenters. The monoisotopic (exact) mass is 404 g/mol. The Labute approximate surface area is 173 Å². The summed E-state index contributed by atoms with van der Waals surface area (Å²) in [5.41, 5.74) is 13.7. The normalized spacial score (nSPS) is 16.0. The summed E-state index contributed by atoms with van der Waals surface area (Å²) in [5.74, 6) is -1.42. The molecule has 30 heavy (non-hydrogen) atoms. The first kappa shape index (κ1) is 19.6. The predicted octanol–water partition coefficient (Wildman–Crippen LogP) is 3.16. The predicted molar refractivity (Wildman–Crippen MR) is 111 cm³/mol. The molecule has 1 aromatic heterocycles. The lowest BCUT2D eigenvalue weighted by Crippen LogP contribution is -2.43. The molecule has 4 N–H and O–H groups in total. The summed E-state index contributed by atoms with van der Waals surface area (Å²) < 4.78 is 14.4. The van der Waals surface area contributed by atoms with Gasteiger partial charge in [0.1, 0.15) is 17.7 Å². The maximum Gasteiger partial charge on any atom is 0.259 e. The molecule has 0 aliphatic heterocycles. The van der Waals surface area contributed by atoms with Crippen LogP contribution < -0.4 is 11.5 Å². The molecule has 0 unspecified atom stereocenters. The van der Waals surface area contributed by atoms with E-state index in [1.807, 2.05) is 6.07 Å². The molecule has 1 aliphatic carbocycles. The number of nitrogens with two attached hydrogens (primary N) is 2. The van der Waals surface area contributed by atoms with Gasteiger partial charge in [0.15, 0.2) is 0 Å². The van der Waals surface area contributed by atoms with Gasteiger partial charge in [0, 0.05) is 6.20 Å². The number of hydrogen-bond donors (Lipinski definition) is 2. The van der Waals surface area contributed by atoms with Crippen molar-refractivity contribution in [3.63, 3.8) is 0 Å². The summed E-state index contributed by atoms with van der Waals surface area (Å²) in [5, 5.41) is 0. The third-order valence-electron chi connectivity index (χ3n) is 5.48. The smallest absolute Gasteiger partial charge is 0.259 e. The first-order valence-electron chi connectivity index (χ1n) is 9.63. The summed E-state index contributed by atoms with van der Waals surface area (Å²) in [7, 11) is 0. The first-order valence-corrected chi connectivity index (χ1v) is 9.63. The average Bonchev–Trinajstić information content (AvgIpc) is 3.17. The molecule has 0 saturated heterocycles. The van der Waals surface area contributed by atoms with Crippen molar-refractivity contribution < 1.29 is 14.0 Å². The van der Waals surface area contributed by atoms with E-state index in [2.05, 4.69) is 4.98 Å². The van der Waals surface area contributed by atoms with Gasteiger partial charge in [-0.05, 0) is 47.7 Å². The molecule has 1 aliphatic rings. The van der Waals surface area contributed by atoms with Crippen LogP contribution in [-0.2, 0) is 11.2 Å². The number of rotatable bonds is 5. The highest BCUT2D eigenvalue weighted by molar-refractivity contribution is 6.01. The van der Waals surface area contributed by atoms with Crippen LogP contribution in [0.3, 0.4) is 0 Å². The second-order valence-corrected chi connectivity index (χ2v) is 7.23. The second kappa shape index (κ2) is 7.94. The molecule has 0 spiro atoms. The molecular weight excluding hydrogens is 383 g/mol. The van der Waals surface area contributed by atoms with E-state index in [0.717, 1.165) is 0 Å². The van der Waals surface area contributed by atoms with Gasteiger partial charge in [0.2, 0.25) is 5.91 Å². The lowest BCUT2D eigenvalue weighted by atomic mass is 9.98. The van der Waals surface area contributed by atoms with Gasteiger partial charge in [0.25, 0.3) is 5.91 Å². The number of nitrogens with zero attached hydrogens (tertiary/aromatic N) is 2. The molecule has 6 nitrogen and oxygen atoms in total. The summed E-state index contributed by atoms with van der Waals surface area (Å²) in [4.78, 5) is 31.7. The van der Waals surface area contributed by atoms with Crippen molar-refractivity contribution in [2.45, 2.75) is 24.9 Å². The Morgan fingerprint density at radius 1 is 1.07 bits per heavy atom. The Kier molecular flexibility index (Phi) is 5.18. The summed E-state index contributed by atoms with van der Waals surface area (Å²) >= 11 is 0. The van der Waals surface area contributed by atoms with Gasteiger partial charge in [-0.25, -0.2) is 9.37 Å². The number of carbonyl (C=O) groups excluding carboxylic acids is 2. The third-order valence-corrected chi connectivity index (χ3v) is 5.48. The van der Waals surface area contributed by atoms with Gasteiger partial charge >= 0.3 is 0 Å². The number of hydrogen-bond acceptors (Lipinski definition) is 4. The number of nitrogen functional groups attached to an aromatic ring is 1.